The standard InChI is InChI=1S/C22H21ClN4OS/c1-13(27(2)3)20-22(29-5)25-18-11-19(28-4)14(12-24)10-16(18)21(26-20)15-8-6-7-9-17(15)23/h6-11H,1-5H3/b20-13-. The van der Waals surface area contributed by atoms with Crippen LogP contribution in [0.5, 0.6) is 5.75 Å². The Morgan fingerprint density at radius 3 is 2.48 bits per heavy atom. The third-order valence-electron chi connectivity index (χ3n) is 4.68. The Kier molecular flexibility index (Phi) is 6.31. The number of ether oxygens (including phenoxy) is 1. The van der Waals surface area contributed by atoms with Crippen LogP contribution in [0.2, 0.25) is 5.02 Å². The van der Waals surface area contributed by atoms with E-state index in [0.29, 0.717) is 27.7 Å². The molecule has 1 aliphatic heterocycles. The highest BCUT2D eigenvalue weighted by atomic mass is 35.5. The maximum atomic E-state index is 9.59. The summed E-state index contributed by atoms with van der Waals surface area (Å²) in [6.45, 7) is 2.01. The van der Waals surface area contributed by atoms with E-state index in [1.54, 1.807) is 19.2 Å². The molecular formula is C22H21ClN4OS. The van der Waals surface area contributed by atoms with Gasteiger partial charge in [-0.05, 0) is 25.3 Å². The van der Waals surface area contributed by atoms with Crippen molar-refractivity contribution >= 4 is 39.8 Å². The topological polar surface area (TPSA) is 61.0 Å². The Morgan fingerprint density at radius 1 is 1.17 bits per heavy atom. The first-order valence-corrected chi connectivity index (χ1v) is 10.5. The minimum absolute atomic E-state index is 0.420. The summed E-state index contributed by atoms with van der Waals surface area (Å²) < 4.78 is 5.40. The highest BCUT2D eigenvalue weighted by Gasteiger charge is 2.24. The number of allylic oxidation sites excluding steroid dienone is 1. The Hall–Kier alpha value is -2.75. The van der Waals surface area contributed by atoms with Crippen LogP contribution in [0.25, 0.3) is 0 Å². The number of nitrogens with zero attached hydrogens (tertiary/aromatic N) is 4. The molecule has 5 nitrogen and oxygen atoms in total. The number of aliphatic imine (C=N–C) groups is 2. The van der Waals surface area contributed by atoms with Gasteiger partial charge in [-0.1, -0.05) is 29.8 Å². The molecule has 148 valence electrons. The van der Waals surface area contributed by atoms with Crippen molar-refractivity contribution in [2.75, 3.05) is 27.5 Å². The molecule has 2 aromatic carbocycles. The van der Waals surface area contributed by atoms with Crippen LogP contribution in [-0.4, -0.2) is 43.1 Å². The summed E-state index contributed by atoms with van der Waals surface area (Å²) in [5.74, 6) is 0.478. The van der Waals surface area contributed by atoms with E-state index in [0.717, 1.165) is 27.6 Å². The van der Waals surface area contributed by atoms with Gasteiger partial charge < -0.3 is 9.64 Å². The van der Waals surface area contributed by atoms with Gasteiger partial charge in [0.05, 0.1) is 24.1 Å². The van der Waals surface area contributed by atoms with Gasteiger partial charge in [-0.15, -0.1) is 11.8 Å². The van der Waals surface area contributed by atoms with Gasteiger partial charge in [-0.2, -0.15) is 5.26 Å². The molecule has 0 radical (unpaired) electrons. The number of rotatable bonds is 3. The van der Waals surface area contributed by atoms with E-state index in [1.165, 1.54) is 11.8 Å². The summed E-state index contributed by atoms with van der Waals surface area (Å²) in [5, 5.41) is 11.0. The number of methoxy groups -OCH3 is 1. The number of nitriles is 1. The van der Waals surface area contributed by atoms with E-state index in [-0.39, 0.29) is 0 Å². The monoisotopic (exact) mass is 424 g/mol. The van der Waals surface area contributed by atoms with E-state index in [4.69, 9.17) is 26.3 Å². The van der Waals surface area contributed by atoms with Crippen LogP contribution in [0.15, 0.2) is 57.8 Å². The summed E-state index contributed by atoms with van der Waals surface area (Å²) >= 11 is 8.05. The first-order valence-electron chi connectivity index (χ1n) is 8.88. The number of fused-ring (bicyclic) bond motifs is 1. The van der Waals surface area contributed by atoms with Crippen LogP contribution < -0.4 is 4.74 Å². The summed E-state index contributed by atoms with van der Waals surface area (Å²) in [7, 11) is 5.49. The van der Waals surface area contributed by atoms with Crippen LogP contribution in [0.1, 0.15) is 23.6 Å². The molecule has 0 saturated heterocycles. The highest BCUT2D eigenvalue weighted by Crippen LogP contribution is 2.37. The Bertz CT molecular complexity index is 1100. The van der Waals surface area contributed by atoms with E-state index in [9.17, 15) is 5.26 Å². The van der Waals surface area contributed by atoms with Crippen LogP contribution >= 0.6 is 23.4 Å². The molecule has 29 heavy (non-hydrogen) atoms. The van der Waals surface area contributed by atoms with Gasteiger partial charge in [-0.3, -0.25) is 0 Å². The molecular weight excluding hydrogens is 404 g/mol. The predicted octanol–water partition coefficient (Wildman–Crippen LogP) is 5.26. The largest absolute Gasteiger partial charge is 0.495 e. The molecule has 1 heterocycles. The summed E-state index contributed by atoms with van der Waals surface area (Å²) in [6.07, 6.45) is 1.97. The van der Waals surface area contributed by atoms with Gasteiger partial charge in [0.15, 0.2) is 0 Å². The number of halogens is 1. The average Bonchev–Trinajstić information content (AvgIpc) is 2.88. The highest BCUT2D eigenvalue weighted by molar-refractivity contribution is 8.13. The van der Waals surface area contributed by atoms with Gasteiger partial charge in [0, 0.05) is 42.0 Å². The number of hydrogen-bond donors (Lipinski definition) is 0. The van der Waals surface area contributed by atoms with E-state index in [1.807, 2.05) is 56.4 Å². The normalized spacial score (nSPS) is 14.8. The Morgan fingerprint density at radius 2 is 1.90 bits per heavy atom. The zero-order valence-corrected chi connectivity index (χ0v) is 18.5. The van der Waals surface area contributed by atoms with Gasteiger partial charge in [-0.25, -0.2) is 9.98 Å². The molecule has 0 N–H and O–H groups in total. The molecule has 0 amide bonds. The van der Waals surface area contributed by atoms with Gasteiger partial charge in [0.1, 0.15) is 22.6 Å². The van der Waals surface area contributed by atoms with Crippen LogP contribution in [-0.2, 0) is 0 Å². The fourth-order valence-corrected chi connectivity index (χ4v) is 3.74. The van der Waals surface area contributed by atoms with Crippen LogP contribution in [0.3, 0.4) is 0 Å². The Balaban J connectivity index is 2.44. The number of hydrogen-bond acceptors (Lipinski definition) is 6. The smallest absolute Gasteiger partial charge is 0.138 e. The molecule has 0 atom stereocenters. The van der Waals surface area contributed by atoms with Crippen molar-refractivity contribution < 1.29 is 4.74 Å². The van der Waals surface area contributed by atoms with Gasteiger partial charge in [0.25, 0.3) is 0 Å². The van der Waals surface area contributed by atoms with E-state index in [2.05, 4.69) is 6.07 Å². The summed E-state index contributed by atoms with van der Waals surface area (Å²) in [4.78, 5) is 11.9. The second-order valence-corrected chi connectivity index (χ2v) is 7.77. The first-order chi connectivity index (χ1) is 13.9. The number of thioether (sulfide) groups is 1. The maximum Gasteiger partial charge on any atom is 0.138 e. The molecule has 2 aromatic rings. The maximum absolute atomic E-state index is 9.59. The molecule has 0 saturated carbocycles. The van der Waals surface area contributed by atoms with E-state index >= 15 is 0 Å². The summed E-state index contributed by atoms with van der Waals surface area (Å²) in [6, 6.07) is 13.3. The predicted molar refractivity (Wildman–Crippen MR) is 122 cm³/mol. The molecule has 0 aromatic heterocycles. The third-order valence-corrected chi connectivity index (χ3v) is 5.68. The van der Waals surface area contributed by atoms with Gasteiger partial charge >= 0.3 is 0 Å². The lowest BCUT2D eigenvalue weighted by Crippen LogP contribution is -2.14. The molecule has 0 fully saturated rings. The van der Waals surface area contributed by atoms with Crippen LogP contribution in [0, 0.1) is 11.3 Å². The lowest BCUT2D eigenvalue weighted by atomic mass is 9.98. The molecule has 0 spiro atoms. The van der Waals surface area contributed by atoms with Gasteiger partial charge in [0.2, 0.25) is 0 Å². The third kappa shape index (κ3) is 4.02. The second-order valence-electron chi connectivity index (χ2n) is 6.57. The fourth-order valence-electron chi connectivity index (χ4n) is 2.94. The van der Waals surface area contributed by atoms with Crippen molar-refractivity contribution in [2.24, 2.45) is 9.98 Å². The van der Waals surface area contributed by atoms with Crippen molar-refractivity contribution in [3.8, 4) is 11.8 Å². The Labute approximate surface area is 180 Å². The van der Waals surface area contributed by atoms with Crippen molar-refractivity contribution in [2.45, 2.75) is 6.92 Å². The lowest BCUT2D eigenvalue weighted by molar-refractivity contribution is 0.413. The molecule has 0 aliphatic carbocycles. The molecule has 0 unspecified atom stereocenters. The minimum Gasteiger partial charge on any atom is -0.495 e. The van der Waals surface area contributed by atoms with Crippen molar-refractivity contribution in [1.82, 2.24) is 4.90 Å². The summed E-state index contributed by atoms with van der Waals surface area (Å²) in [5.41, 5.74) is 5.05. The molecule has 3 rings (SSSR count). The fraction of sp³-hybridized carbons (Fsp3) is 0.227. The molecule has 1 aliphatic rings. The first kappa shape index (κ1) is 21.0. The second kappa shape index (κ2) is 8.73. The lowest BCUT2D eigenvalue weighted by Gasteiger charge is -2.17. The zero-order valence-electron chi connectivity index (χ0n) is 16.9. The molecule has 0 bridgehead atoms. The number of benzene rings is 2. The van der Waals surface area contributed by atoms with E-state index < -0.39 is 0 Å². The minimum atomic E-state index is 0.420. The molecule has 7 heteroatoms. The SMILES string of the molecule is COc1cc2c(cc1C#N)C(c1ccccc1Cl)=N/C(=C(/C)N(C)C)C(SC)=N2. The average molecular weight is 425 g/mol. The van der Waals surface area contributed by atoms with Crippen molar-refractivity contribution in [1.29, 1.82) is 5.26 Å². The van der Waals surface area contributed by atoms with Crippen LogP contribution in [0.4, 0.5) is 5.69 Å². The zero-order chi connectivity index (χ0) is 21.1. The quantitative estimate of drug-likeness (QED) is 0.674. The van der Waals surface area contributed by atoms with Crippen molar-refractivity contribution in [3.05, 3.63) is 69.5 Å². The van der Waals surface area contributed by atoms with Crippen molar-refractivity contribution in [3.63, 3.8) is 0 Å².